The van der Waals surface area contributed by atoms with E-state index in [-0.39, 0.29) is 0 Å². The second kappa shape index (κ2) is 6.71. The number of pyridine rings is 1. The van der Waals surface area contributed by atoms with E-state index in [9.17, 15) is 4.79 Å². The first-order valence-corrected chi connectivity index (χ1v) is 7.10. The maximum Gasteiger partial charge on any atom is 0.144 e. The fraction of sp³-hybridized carbons (Fsp3) is 0.467. The lowest BCUT2D eigenvalue weighted by atomic mass is 9.94. The van der Waals surface area contributed by atoms with Gasteiger partial charge in [0.1, 0.15) is 6.29 Å². The van der Waals surface area contributed by atoms with Crippen molar-refractivity contribution >= 4 is 23.6 Å². The highest BCUT2D eigenvalue weighted by atomic mass is 35.5. The predicted octanol–water partition coefficient (Wildman–Crippen LogP) is 3.54. The van der Waals surface area contributed by atoms with Crippen LogP contribution in [0.2, 0.25) is 5.02 Å². The molecule has 0 aliphatic heterocycles. The molecule has 1 aromatic heterocycles. The van der Waals surface area contributed by atoms with Crippen LogP contribution in [-0.2, 0) is 4.79 Å². The average molecular weight is 279 g/mol. The maximum atomic E-state index is 10.9. The number of aldehydes is 1. The summed E-state index contributed by atoms with van der Waals surface area (Å²) in [6.07, 6.45) is 10.2. The first kappa shape index (κ1) is 14.1. The van der Waals surface area contributed by atoms with Gasteiger partial charge in [-0.05, 0) is 25.0 Å². The first-order valence-electron chi connectivity index (χ1n) is 6.72. The Morgan fingerprint density at radius 2 is 2.16 bits per heavy atom. The number of nitrogens with zero attached hydrogens (tertiary/aromatic N) is 2. The fourth-order valence-corrected chi connectivity index (χ4v) is 2.82. The lowest BCUT2D eigenvalue weighted by Gasteiger charge is -2.34. The van der Waals surface area contributed by atoms with Gasteiger partial charge in [0.25, 0.3) is 0 Å². The number of rotatable bonds is 4. The molecular weight excluding hydrogens is 260 g/mol. The molecule has 4 heteroatoms. The quantitative estimate of drug-likeness (QED) is 0.624. The molecule has 3 nitrogen and oxygen atoms in total. The molecular formula is C15H19ClN2O. The number of hydrogen-bond acceptors (Lipinski definition) is 3. The molecule has 0 spiro atoms. The van der Waals surface area contributed by atoms with Crippen LogP contribution in [-0.4, -0.2) is 29.3 Å². The molecule has 1 aliphatic carbocycles. The molecule has 0 radical (unpaired) electrons. The summed E-state index contributed by atoms with van der Waals surface area (Å²) in [6.45, 7) is 0. The van der Waals surface area contributed by atoms with Crippen molar-refractivity contribution in [1.29, 1.82) is 0 Å². The van der Waals surface area contributed by atoms with Gasteiger partial charge < -0.3 is 4.90 Å². The zero-order chi connectivity index (χ0) is 13.7. The SMILES string of the molecule is CN(/C(=C/C=O)c1cc(Cl)ccn1)C1CCCCC1. The minimum atomic E-state index is 0.487. The van der Waals surface area contributed by atoms with Gasteiger partial charge in [0.15, 0.2) is 0 Å². The molecule has 1 aromatic rings. The average Bonchev–Trinajstić information content (AvgIpc) is 2.45. The summed E-state index contributed by atoms with van der Waals surface area (Å²) >= 11 is 6.01. The van der Waals surface area contributed by atoms with Gasteiger partial charge >= 0.3 is 0 Å². The van der Waals surface area contributed by atoms with Gasteiger partial charge in [-0.25, -0.2) is 0 Å². The van der Waals surface area contributed by atoms with Crippen molar-refractivity contribution in [2.75, 3.05) is 7.05 Å². The van der Waals surface area contributed by atoms with Crippen LogP contribution < -0.4 is 0 Å². The van der Waals surface area contributed by atoms with Gasteiger partial charge in [0.05, 0.1) is 11.4 Å². The molecule has 0 N–H and O–H groups in total. The molecule has 1 heterocycles. The minimum absolute atomic E-state index is 0.487. The highest BCUT2D eigenvalue weighted by molar-refractivity contribution is 6.30. The van der Waals surface area contributed by atoms with Crippen molar-refractivity contribution in [3.63, 3.8) is 0 Å². The van der Waals surface area contributed by atoms with Crippen LogP contribution in [0.4, 0.5) is 0 Å². The molecule has 0 amide bonds. The molecule has 1 aliphatic rings. The van der Waals surface area contributed by atoms with Crippen molar-refractivity contribution < 1.29 is 4.79 Å². The Hall–Kier alpha value is -1.35. The van der Waals surface area contributed by atoms with E-state index in [1.165, 1.54) is 32.1 Å². The number of halogens is 1. The fourth-order valence-electron chi connectivity index (χ4n) is 2.66. The largest absolute Gasteiger partial charge is 0.370 e. The molecule has 0 atom stereocenters. The van der Waals surface area contributed by atoms with Gasteiger partial charge in [-0.1, -0.05) is 30.9 Å². The van der Waals surface area contributed by atoms with E-state index in [1.54, 1.807) is 24.4 Å². The predicted molar refractivity (Wildman–Crippen MR) is 77.9 cm³/mol. The van der Waals surface area contributed by atoms with E-state index >= 15 is 0 Å². The van der Waals surface area contributed by atoms with Gasteiger partial charge in [-0.2, -0.15) is 0 Å². The molecule has 2 rings (SSSR count). The van der Waals surface area contributed by atoms with E-state index in [0.717, 1.165) is 17.7 Å². The molecule has 0 bridgehead atoms. The number of hydrogen-bond donors (Lipinski definition) is 0. The van der Waals surface area contributed by atoms with Gasteiger partial charge in [-0.3, -0.25) is 9.78 Å². The topological polar surface area (TPSA) is 33.2 Å². The Kier molecular flexibility index (Phi) is 4.97. The third kappa shape index (κ3) is 3.57. The lowest BCUT2D eigenvalue weighted by molar-refractivity contribution is -0.104. The molecule has 102 valence electrons. The van der Waals surface area contributed by atoms with E-state index in [0.29, 0.717) is 11.1 Å². The van der Waals surface area contributed by atoms with E-state index in [1.807, 2.05) is 7.05 Å². The van der Waals surface area contributed by atoms with Crippen LogP contribution in [0.15, 0.2) is 24.4 Å². The molecule has 0 saturated heterocycles. The summed E-state index contributed by atoms with van der Waals surface area (Å²) in [7, 11) is 2.04. The summed E-state index contributed by atoms with van der Waals surface area (Å²) in [5.41, 5.74) is 1.61. The molecule has 0 aromatic carbocycles. The summed E-state index contributed by atoms with van der Waals surface area (Å²) < 4.78 is 0. The van der Waals surface area contributed by atoms with Crippen molar-refractivity contribution in [2.24, 2.45) is 0 Å². The van der Waals surface area contributed by atoms with E-state index < -0.39 is 0 Å². The second-order valence-corrected chi connectivity index (χ2v) is 5.39. The van der Waals surface area contributed by atoms with Crippen LogP contribution in [0, 0.1) is 0 Å². The highest BCUT2D eigenvalue weighted by Gasteiger charge is 2.21. The van der Waals surface area contributed by atoms with E-state index in [4.69, 9.17) is 11.6 Å². The summed E-state index contributed by atoms with van der Waals surface area (Å²) in [5, 5.41) is 0.638. The Morgan fingerprint density at radius 3 is 2.79 bits per heavy atom. The summed E-state index contributed by atoms with van der Waals surface area (Å²) in [4.78, 5) is 17.4. The van der Waals surface area contributed by atoms with Crippen LogP contribution in [0.3, 0.4) is 0 Å². The second-order valence-electron chi connectivity index (χ2n) is 4.95. The minimum Gasteiger partial charge on any atom is -0.370 e. The van der Waals surface area contributed by atoms with Gasteiger partial charge in [0.2, 0.25) is 0 Å². The van der Waals surface area contributed by atoms with Gasteiger partial charge in [0, 0.05) is 30.4 Å². The number of carbonyl (C=O) groups excluding carboxylic acids is 1. The van der Waals surface area contributed by atoms with Crippen molar-refractivity contribution in [3.8, 4) is 0 Å². The van der Waals surface area contributed by atoms with Crippen molar-refractivity contribution in [1.82, 2.24) is 9.88 Å². The standard InChI is InChI=1S/C15H19ClN2O/c1-18(13-5-3-2-4-6-13)15(8-10-19)14-11-12(16)7-9-17-14/h7-11,13H,2-6H2,1H3/b15-8+. The molecule has 19 heavy (non-hydrogen) atoms. The summed E-state index contributed by atoms with van der Waals surface area (Å²) in [6, 6.07) is 4.03. The molecule has 1 saturated carbocycles. The van der Waals surface area contributed by atoms with Gasteiger partial charge in [-0.15, -0.1) is 0 Å². The Morgan fingerprint density at radius 1 is 1.42 bits per heavy atom. The zero-order valence-corrected chi connectivity index (χ0v) is 11.9. The van der Waals surface area contributed by atoms with Crippen molar-refractivity contribution in [2.45, 2.75) is 38.1 Å². The monoisotopic (exact) mass is 278 g/mol. The Balaban J connectivity index is 2.24. The van der Waals surface area contributed by atoms with E-state index in [2.05, 4.69) is 9.88 Å². The molecule has 1 fully saturated rings. The molecule has 0 unspecified atom stereocenters. The Labute approximate surface area is 119 Å². The zero-order valence-electron chi connectivity index (χ0n) is 11.2. The van der Waals surface area contributed by atoms with Crippen LogP contribution in [0.1, 0.15) is 37.8 Å². The maximum absolute atomic E-state index is 10.9. The number of allylic oxidation sites excluding steroid dienone is 1. The van der Waals surface area contributed by atoms with Crippen LogP contribution >= 0.6 is 11.6 Å². The number of carbonyl (C=O) groups is 1. The van der Waals surface area contributed by atoms with Crippen LogP contribution in [0.5, 0.6) is 0 Å². The normalized spacial score (nSPS) is 17.3. The highest BCUT2D eigenvalue weighted by Crippen LogP contribution is 2.28. The third-order valence-corrected chi connectivity index (χ3v) is 3.95. The smallest absolute Gasteiger partial charge is 0.144 e. The number of aromatic nitrogens is 1. The third-order valence-electron chi connectivity index (χ3n) is 3.71. The Bertz CT molecular complexity index is 467. The first-order chi connectivity index (χ1) is 9.22. The van der Waals surface area contributed by atoms with Crippen LogP contribution in [0.25, 0.3) is 5.70 Å². The van der Waals surface area contributed by atoms with Crippen molar-refractivity contribution in [3.05, 3.63) is 35.1 Å². The summed E-state index contributed by atoms with van der Waals surface area (Å²) in [5.74, 6) is 0. The lowest BCUT2D eigenvalue weighted by Crippen LogP contribution is -2.32.